The standard InChI is InChI=1S/C17H18F3N3O/c1-11-9-23-10-14(5-6-15(23)21-11)22-16(24)8-12-3-2-4-13(7-12)17(18,19)20/h2-4,7,9,14H,5-6,8,10H2,1H3,(H,22,24)/t14-/m0/s1. The first-order valence-corrected chi connectivity index (χ1v) is 7.79. The maximum atomic E-state index is 12.7. The summed E-state index contributed by atoms with van der Waals surface area (Å²) in [6.45, 7) is 2.57. The lowest BCUT2D eigenvalue weighted by molar-refractivity contribution is -0.137. The van der Waals surface area contributed by atoms with Crippen molar-refractivity contribution in [2.75, 3.05) is 0 Å². The molecule has 1 aliphatic heterocycles. The van der Waals surface area contributed by atoms with Crippen LogP contribution < -0.4 is 5.32 Å². The molecular weight excluding hydrogens is 319 g/mol. The van der Waals surface area contributed by atoms with Gasteiger partial charge < -0.3 is 9.88 Å². The molecule has 1 atom stereocenters. The predicted octanol–water partition coefficient (Wildman–Crippen LogP) is 2.88. The van der Waals surface area contributed by atoms with Crippen molar-refractivity contribution in [2.45, 2.75) is 44.9 Å². The molecule has 2 aromatic rings. The molecule has 1 N–H and O–H groups in total. The van der Waals surface area contributed by atoms with Gasteiger partial charge in [-0.15, -0.1) is 0 Å². The monoisotopic (exact) mass is 337 g/mol. The molecular formula is C17H18F3N3O. The highest BCUT2D eigenvalue weighted by Crippen LogP contribution is 2.29. The van der Waals surface area contributed by atoms with E-state index >= 15 is 0 Å². The number of halogens is 3. The van der Waals surface area contributed by atoms with E-state index in [9.17, 15) is 18.0 Å². The third-order valence-electron chi connectivity index (χ3n) is 4.10. The minimum absolute atomic E-state index is 0.0237. The molecule has 0 saturated carbocycles. The Bertz CT molecular complexity index is 752. The van der Waals surface area contributed by atoms with Crippen molar-refractivity contribution >= 4 is 5.91 Å². The average Bonchev–Trinajstić information content (AvgIpc) is 2.86. The number of aryl methyl sites for hydroxylation is 2. The third kappa shape index (κ3) is 3.77. The Morgan fingerprint density at radius 2 is 2.21 bits per heavy atom. The van der Waals surface area contributed by atoms with Crippen LogP contribution in [0.2, 0.25) is 0 Å². The van der Waals surface area contributed by atoms with Crippen LogP contribution in [-0.2, 0) is 30.4 Å². The first-order valence-electron chi connectivity index (χ1n) is 7.79. The number of rotatable bonds is 3. The van der Waals surface area contributed by atoms with E-state index in [-0.39, 0.29) is 18.4 Å². The first-order chi connectivity index (χ1) is 11.3. The van der Waals surface area contributed by atoms with Gasteiger partial charge in [0.15, 0.2) is 0 Å². The topological polar surface area (TPSA) is 46.9 Å². The second-order valence-electron chi connectivity index (χ2n) is 6.13. The van der Waals surface area contributed by atoms with E-state index in [1.54, 1.807) is 0 Å². The molecule has 7 heteroatoms. The van der Waals surface area contributed by atoms with Crippen LogP contribution in [0.3, 0.4) is 0 Å². The second kappa shape index (κ2) is 6.30. The number of fused-ring (bicyclic) bond motifs is 1. The molecule has 0 bridgehead atoms. The van der Waals surface area contributed by atoms with Gasteiger partial charge in [0.1, 0.15) is 5.82 Å². The highest BCUT2D eigenvalue weighted by Gasteiger charge is 2.30. The summed E-state index contributed by atoms with van der Waals surface area (Å²) in [6, 6.07) is 4.87. The summed E-state index contributed by atoms with van der Waals surface area (Å²) in [4.78, 5) is 16.6. The van der Waals surface area contributed by atoms with Crippen molar-refractivity contribution < 1.29 is 18.0 Å². The second-order valence-corrected chi connectivity index (χ2v) is 6.13. The van der Waals surface area contributed by atoms with Crippen molar-refractivity contribution in [3.63, 3.8) is 0 Å². The third-order valence-corrected chi connectivity index (χ3v) is 4.10. The Labute approximate surface area is 137 Å². The molecule has 0 unspecified atom stereocenters. The largest absolute Gasteiger partial charge is 0.416 e. The average molecular weight is 337 g/mol. The molecule has 3 rings (SSSR count). The number of carbonyl (C=O) groups is 1. The van der Waals surface area contributed by atoms with Gasteiger partial charge in [-0.25, -0.2) is 4.98 Å². The number of nitrogens with zero attached hydrogens (tertiary/aromatic N) is 2. The van der Waals surface area contributed by atoms with Gasteiger partial charge in [-0.2, -0.15) is 13.2 Å². The molecule has 128 valence electrons. The number of carbonyl (C=O) groups excluding carboxylic acids is 1. The first kappa shape index (κ1) is 16.5. The maximum absolute atomic E-state index is 12.7. The van der Waals surface area contributed by atoms with Crippen LogP contribution in [0, 0.1) is 6.92 Å². The highest BCUT2D eigenvalue weighted by molar-refractivity contribution is 5.78. The minimum Gasteiger partial charge on any atom is -0.351 e. The van der Waals surface area contributed by atoms with Crippen LogP contribution in [-0.4, -0.2) is 21.5 Å². The Balaban J connectivity index is 1.60. The fraction of sp³-hybridized carbons (Fsp3) is 0.412. The Morgan fingerprint density at radius 3 is 2.96 bits per heavy atom. The molecule has 24 heavy (non-hydrogen) atoms. The number of aromatic nitrogens is 2. The number of hydrogen-bond acceptors (Lipinski definition) is 2. The smallest absolute Gasteiger partial charge is 0.351 e. The van der Waals surface area contributed by atoms with E-state index in [0.29, 0.717) is 12.1 Å². The fourth-order valence-electron chi connectivity index (χ4n) is 3.03. The summed E-state index contributed by atoms with van der Waals surface area (Å²) in [5.41, 5.74) is 0.572. The van der Waals surface area contributed by atoms with Crippen molar-refractivity contribution in [3.05, 3.63) is 53.1 Å². The molecule has 1 aliphatic rings. The summed E-state index contributed by atoms with van der Waals surface area (Å²) < 4.78 is 40.2. The van der Waals surface area contributed by atoms with Crippen molar-refractivity contribution in [3.8, 4) is 0 Å². The lowest BCUT2D eigenvalue weighted by atomic mass is 10.1. The van der Waals surface area contributed by atoms with Gasteiger partial charge in [0.25, 0.3) is 0 Å². The molecule has 1 aromatic heterocycles. The Morgan fingerprint density at radius 1 is 1.42 bits per heavy atom. The molecule has 1 amide bonds. The van der Waals surface area contributed by atoms with E-state index in [0.717, 1.165) is 36.5 Å². The normalized spacial score (nSPS) is 17.4. The van der Waals surface area contributed by atoms with Gasteiger partial charge in [0, 0.05) is 25.2 Å². The fourth-order valence-corrected chi connectivity index (χ4v) is 3.03. The van der Waals surface area contributed by atoms with Crippen molar-refractivity contribution in [1.29, 1.82) is 0 Å². The van der Waals surface area contributed by atoms with E-state index < -0.39 is 11.7 Å². The summed E-state index contributed by atoms with van der Waals surface area (Å²) in [5.74, 6) is 0.746. The highest BCUT2D eigenvalue weighted by atomic mass is 19.4. The molecule has 0 aliphatic carbocycles. The van der Waals surface area contributed by atoms with Crippen LogP contribution in [0.15, 0.2) is 30.5 Å². The number of benzene rings is 1. The number of imidazole rings is 1. The SMILES string of the molecule is Cc1cn2c(n1)CC[C@H](NC(=O)Cc1cccc(C(F)(F)F)c1)C2. The zero-order valence-electron chi connectivity index (χ0n) is 13.2. The molecule has 0 spiro atoms. The Hall–Kier alpha value is -2.31. The van der Waals surface area contributed by atoms with Gasteiger partial charge in [0.2, 0.25) is 5.91 Å². The maximum Gasteiger partial charge on any atom is 0.416 e. The molecule has 2 heterocycles. The molecule has 0 radical (unpaired) electrons. The summed E-state index contributed by atoms with van der Waals surface area (Å²) in [5, 5.41) is 2.91. The van der Waals surface area contributed by atoms with Crippen LogP contribution in [0.4, 0.5) is 13.2 Å². The van der Waals surface area contributed by atoms with Crippen molar-refractivity contribution in [1.82, 2.24) is 14.9 Å². The van der Waals surface area contributed by atoms with Gasteiger partial charge in [-0.05, 0) is 25.0 Å². The number of hydrogen-bond donors (Lipinski definition) is 1. The lowest BCUT2D eigenvalue weighted by Crippen LogP contribution is -2.41. The van der Waals surface area contributed by atoms with E-state index in [1.807, 2.05) is 17.7 Å². The zero-order chi connectivity index (χ0) is 17.3. The lowest BCUT2D eigenvalue weighted by Gasteiger charge is -2.24. The van der Waals surface area contributed by atoms with Gasteiger partial charge in [-0.3, -0.25) is 4.79 Å². The van der Waals surface area contributed by atoms with E-state index in [4.69, 9.17) is 0 Å². The van der Waals surface area contributed by atoms with Crippen molar-refractivity contribution in [2.24, 2.45) is 0 Å². The van der Waals surface area contributed by atoms with Crippen LogP contribution in [0.25, 0.3) is 0 Å². The number of alkyl halides is 3. The summed E-state index contributed by atoms with van der Waals surface area (Å²) in [6.07, 6.45) is -0.949. The predicted molar refractivity (Wildman–Crippen MR) is 82.4 cm³/mol. The quantitative estimate of drug-likeness (QED) is 0.936. The minimum atomic E-state index is -4.40. The van der Waals surface area contributed by atoms with Crippen LogP contribution in [0.1, 0.15) is 29.1 Å². The van der Waals surface area contributed by atoms with E-state index in [1.165, 1.54) is 12.1 Å². The van der Waals surface area contributed by atoms with Crippen LogP contribution >= 0.6 is 0 Å². The van der Waals surface area contributed by atoms with E-state index in [2.05, 4.69) is 10.3 Å². The molecule has 0 fully saturated rings. The van der Waals surface area contributed by atoms with Gasteiger partial charge >= 0.3 is 6.18 Å². The van der Waals surface area contributed by atoms with Crippen LogP contribution in [0.5, 0.6) is 0 Å². The molecule has 1 aromatic carbocycles. The molecule has 4 nitrogen and oxygen atoms in total. The molecule has 0 saturated heterocycles. The van der Waals surface area contributed by atoms with Gasteiger partial charge in [-0.1, -0.05) is 18.2 Å². The zero-order valence-corrected chi connectivity index (χ0v) is 13.2. The summed E-state index contributed by atoms with van der Waals surface area (Å²) >= 11 is 0. The van der Waals surface area contributed by atoms with Gasteiger partial charge in [0.05, 0.1) is 17.7 Å². The number of amides is 1. The number of nitrogens with one attached hydrogen (secondary N) is 1. The summed E-state index contributed by atoms with van der Waals surface area (Å²) in [7, 11) is 0. The Kier molecular flexibility index (Phi) is 4.34.